The molecule has 0 fully saturated rings. The molecule has 2 N–H and O–H groups in total. The predicted molar refractivity (Wildman–Crippen MR) is 89.5 cm³/mol. The number of amides is 2. The molecule has 4 nitrogen and oxygen atoms in total. The number of benzene rings is 2. The van der Waals surface area contributed by atoms with Crippen molar-refractivity contribution in [2.75, 3.05) is 12.0 Å². The van der Waals surface area contributed by atoms with Crippen molar-refractivity contribution in [2.45, 2.75) is 27.7 Å². The second kappa shape index (κ2) is 6.98. The van der Waals surface area contributed by atoms with Gasteiger partial charge >= 0.3 is 6.03 Å². The lowest BCUT2D eigenvalue weighted by molar-refractivity contribution is 0.234. The van der Waals surface area contributed by atoms with Crippen molar-refractivity contribution >= 4 is 11.7 Å². The Balaban J connectivity index is 1.83. The summed E-state index contributed by atoms with van der Waals surface area (Å²) in [5.41, 5.74) is 5.35. The number of nitrogens with one attached hydrogen (secondary N) is 2. The summed E-state index contributed by atoms with van der Waals surface area (Å²) in [7, 11) is 0. The lowest BCUT2D eigenvalue weighted by Gasteiger charge is -2.12. The fourth-order valence-corrected chi connectivity index (χ4v) is 2.14. The summed E-state index contributed by atoms with van der Waals surface area (Å²) in [5, 5.41) is 5.47. The third kappa shape index (κ3) is 4.25. The second-order valence-corrected chi connectivity index (χ2v) is 5.49. The van der Waals surface area contributed by atoms with Gasteiger partial charge in [0.25, 0.3) is 0 Å². The van der Waals surface area contributed by atoms with E-state index in [1.54, 1.807) is 0 Å². The van der Waals surface area contributed by atoms with Gasteiger partial charge in [-0.15, -0.1) is 0 Å². The molecule has 2 rings (SSSR count). The largest absolute Gasteiger partial charge is 0.473 e. The van der Waals surface area contributed by atoms with Crippen molar-refractivity contribution in [1.29, 1.82) is 0 Å². The van der Waals surface area contributed by atoms with Crippen LogP contribution in [0.4, 0.5) is 10.5 Å². The van der Waals surface area contributed by atoms with E-state index in [9.17, 15) is 4.79 Å². The Bertz CT molecular complexity index is 681. The highest BCUT2D eigenvalue weighted by atomic mass is 16.5. The van der Waals surface area contributed by atoms with Gasteiger partial charge in [0.05, 0.1) is 0 Å². The Morgan fingerprint density at radius 2 is 1.73 bits per heavy atom. The van der Waals surface area contributed by atoms with Crippen LogP contribution in [0.3, 0.4) is 0 Å². The van der Waals surface area contributed by atoms with E-state index in [1.165, 1.54) is 11.1 Å². The normalized spacial score (nSPS) is 10.2. The molecule has 0 unspecified atom stereocenters. The lowest BCUT2D eigenvalue weighted by Crippen LogP contribution is -2.32. The maximum Gasteiger partial charge on any atom is 0.321 e. The summed E-state index contributed by atoms with van der Waals surface area (Å²) in [5.74, 6) is 0.775. The number of ether oxygens (including phenoxy) is 1. The summed E-state index contributed by atoms with van der Waals surface area (Å²) >= 11 is 0. The summed E-state index contributed by atoms with van der Waals surface area (Å²) < 4.78 is 5.57. The van der Waals surface area contributed by atoms with Crippen molar-refractivity contribution in [3.63, 3.8) is 0 Å². The minimum atomic E-state index is -0.284. The first-order chi connectivity index (χ1) is 10.5. The zero-order valence-electron chi connectivity index (χ0n) is 13.5. The quantitative estimate of drug-likeness (QED) is 0.836. The highest BCUT2D eigenvalue weighted by Crippen LogP contribution is 2.18. The van der Waals surface area contributed by atoms with Gasteiger partial charge in [-0.3, -0.25) is 0 Å². The van der Waals surface area contributed by atoms with E-state index >= 15 is 0 Å². The zero-order chi connectivity index (χ0) is 16.1. The molecule has 0 aliphatic carbocycles. The highest BCUT2D eigenvalue weighted by Gasteiger charge is 2.04. The standard InChI is InChI=1S/C18H22N2O2/c1-12-5-8-17(15(4)9-12)22-11-19-18(21)20-16-7-6-13(2)14(3)10-16/h5-10H,11H2,1-4H3,(H2,19,20,21). The lowest BCUT2D eigenvalue weighted by atomic mass is 10.1. The van der Waals surface area contributed by atoms with E-state index in [-0.39, 0.29) is 12.8 Å². The van der Waals surface area contributed by atoms with Crippen LogP contribution in [0.25, 0.3) is 0 Å². The Labute approximate surface area is 131 Å². The average Bonchev–Trinajstić information content (AvgIpc) is 2.45. The van der Waals surface area contributed by atoms with Gasteiger partial charge < -0.3 is 15.4 Å². The zero-order valence-corrected chi connectivity index (χ0v) is 13.5. The molecule has 0 aliphatic heterocycles. The van der Waals surface area contributed by atoms with Crippen LogP contribution >= 0.6 is 0 Å². The van der Waals surface area contributed by atoms with Gasteiger partial charge in [-0.2, -0.15) is 0 Å². The molecule has 0 saturated heterocycles. The van der Waals surface area contributed by atoms with Gasteiger partial charge in [0.2, 0.25) is 0 Å². The van der Waals surface area contributed by atoms with Crippen LogP contribution in [0.1, 0.15) is 22.3 Å². The fourth-order valence-electron chi connectivity index (χ4n) is 2.14. The van der Waals surface area contributed by atoms with E-state index in [2.05, 4.69) is 10.6 Å². The average molecular weight is 298 g/mol. The predicted octanol–water partition coefficient (Wildman–Crippen LogP) is 4.08. The molecule has 0 aliphatic rings. The number of hydrogen-bond donors (Lipinski definition) is 2. The van der Waals surface area contributed by atoms with Crippen molar-refractivity contribution in [3.05, 3.63) is 58.7 Å². The van der Waals surface area contributed by atoms with Gasteiger partial charge in [-0.1, -0.05) is 23.8 Å². The third-order valence-electron chi connectivity index (χ3n) is 3.56. The number of rotatable bonds is 4. The maximum absolute atomic E-state index is 11.8. The monoisotopic (exact) mass is 298 g/mol. The molecule has 0 bridgehead atoms. The molecule has 0 spiro atoms. The Hall–Kier alpha value is -2.49. The molecule has 0 radical (unpaired) electrons. The number of urea groups is 1. The number of carbonyl (C=O) groups excluding carboxylic acids is 1. The molecule has 22 heavy (non-hydrogen) atoms. The van der Waals surface area contributed by atoms with E-state index in [0.717, 1.165) is 22.6 Å². The molecule has 0 saturated carbocycles. The highest BCUT2D eigenvalue weighted by molar-refractivity contribution is 5.89. The van der Waals surface area contributed by atoms with Crippen molar-refractivity contribution in [2.24, 2.45) is 0 Å². The third-order valence-corrected chi connectivity index (χ3v) is 3.56. The molecule has 0 heterocycles. The number of aryl methyl sites for hydroxylation is 4. The van der Waals surface area contributed by atoms with Gasteiger partial charge in [0, 0.05) is 5.69 Å². The molecule has 0 atom stereocenters. The SMILES string of the molecule is Cc1ccc(OCNC(=O)Nc2ccc(C)c(C)c2)c(C)c1. The van der Waals surface area contributed by atoms with Crippen molar-refractivity contribution < 1.29 is 9.53 Å². The van der Waals surface area contributed by atoms with Gasteiger partial charge in [-0.05, 0) is 62.6 Å². The van der Waals surface area contributed by atoms with Crippen LogP contribution in [0, 0.1) is 27.7 Å². The van der Waals surface area contributed by atoms with E-state index in [4.69, 9.17) is 4.74 Å². The van der Waals surface area contributed by atoms with Crippen molar-refractivity contribution in [1.82, 2.24) is 5.32 Å². The number of hydrogen-bond acceptors (Lipinski definition) is 2. The summed E-state index contributed by atoms with van der Waals surface area (Å²) in [6.07, 6.45) is 0. The molecule has 4 heteroatoms. The van der Waals surface area contributed by atoms with E-state index in [1.807, 2.05) is 64.1 Å². The second-order valence-electron chi connectivity index (χ2n) is 5.49. The molecule has 2 amide bonds. The molecule has 0 aromatic heterocycles. The number of carbonyl (C=O) groups is 1. The first-order valence-corrected chi connectivity index (χ1v) is 7.28. The van der Waals surface area contributed by atoms with Crippen LogP contribution in [-0.2, 0) is 0 Å². The van der Waals surface area contributed by atoms with E-state index in [0.29, 0.717) is 0 Å². The molecule has 2 aromatic carbocycles. The topological polar surface area (TPSA) is 50.4 Å². The summed E-state index contributed by atoms with van der Waals surface area (Å²) in [6, 6.07) is 11.5. The van der Waals surface area contributed by atoms with Crippen LogP contribution < -0.4 is 15.4 Å². The van der Waals surface area contributed by atoms with E-state index < -0.39 is 0 Å². The molecular formula is C18H22N2O2. The van der Waals surface area contributed by atoms with Crippen LogP contribution in [-0.4, -0.2) is 12.8 Å². The van der Waals surface area contributed by atoms with Gasteiger partial charge in [0.15, 0.2) is 6.73 Å². The van der Waals surface area contributed by atoms with Crippen molar-refractivity contribution in [3.8, 4) is 5.75 Å². The molecule has 2 aromatic rings. The minimum absolute atomic E-state index is 0.126. The molecule has 116 valence electrons. The smallest absolute Gasteiger partial charge is 0.321 e. The molecular weight excluding hydrogens is 276 g/mol. The first-order valence-electron chi connectivity index (χ1n) is 7.28. The Morgan fingerprint density at radius 1 is 0.955 bits per heavy atom. The summed E-state index contributed by atoms with van der Waals surface area (Å²) in [6.45, 7) is 8.20. The Kier molecular flexibility index (Phi) is 5.04. The first kappa shape index (κ1) is 15.9. The minimum Gasteiger partial charge on any atom is -0.473 e. The van der Waals surface area contributed by atoms with Gasteiger partial charge in [0.1, 0.15) is 5.75 Å². The van der Waals surface area contributed by atoms with Gasteiger partial charge in [-0.25, -0.2) is 4.79 Å². The van der Waals surface area contributed by atoms with Crippen LogP contribution in [0.2, 0.25) is 0 Å². The fraction of sp³-hybridized carbons (Fsp3) is 0.278. The Morgan fingerprint density at radius 3 is 2.41 bits per heavy atom. The van der Waals surface area contributed by atoms with Crippen LogP contribution in [0.15, 0.2) is 36.4 Å². The summed E-state index contributed by atoms with van der Waals surface area (Å²) in [4.78, 5) is 11.8. The van der Waals surface area contributed by atoms with Crippen LogP contribution in [0.5, 0.6) is 5.75 Å². The number of anilines is 1. The maximum atomic E-state index is 11.8.